The van der Waals surface area contributed by atoms with E-state index in [1.807, 2.05) is 37.3 Å². The molecule has 3 rings (SSSR count). The highest BCUT2D eigenvalue weighted by atomic mass is 16.6. The quantitative estimate of drug-likeness (QED) is 0.565. The molecular weight excluding hydrogens is 322 g/mol. The maximum atomic E-state index is 11.8. The molecule has 7 nitrogen and oxygen atoms in total. The summed E-state index contributed by atoms with van der Waals surface area (Å²) in [6.45, 7) is 1.86. The Balaban J connectivity index is 2.21. The van der Waals surface area contributed by atoms with Crippen LogP contribution in [0.4, 0.5) is 5.69 Å². The molecule has 0 saturated carbocycles. The van der Waals surface area contributed by atoms with Gasteiger partial charge < -0.3 is 5.11 Å². The number of para-hydroxylation sites is 1. The largest absolute Gasteiger partial charge is 0.478 e. The first-order valence-electron chi connectivity index (χ1n) is 7.68. The van der Waals surface area contributed by atoms with Gasteiger partial charge in [0.25, 0.3) is 5.69 Å². The molecule has 0 saturated heterocycles. The second kappa shape index (κ2) is 6.56. The zero-order valence-electron chi connectivity index (χ0n) is 13.4. The number of nitrogens with zero attached hydrogens (tertiary/aromatic N) is 3. The highest BCUT2D eigenvalue weighted by Gasteiger charge is 2.24. The number of aromatic carboxylic acids is 1. The standard InChI is InChI=1S/C18H15N3O4/c1-2-15-16(18(22)23)17(12-8-10-14(11-9-12)21(24)25)19-20(15)13-6-4-3-5-7-13/h3-11H,2H2,1H3,(H,22,23). The Bertz CT molecular complexity index is 931. The number of nitro groups is 1. The van der Waals surface area contributed by atoms with Crippen LogP contribution >= 0.6 is 0 Å². The average molecular weight is 337 g/mol. The van der Waals surface area contributed by atoms with Crippen LogP contribution in [0.3, 0.4) is 0 Å². The summed E-state index contributed by atoms with van der Waals surface area (Å²) in [4.78, 5) is 22.1. The maximum Gasteiger partial charge on any atom is 0.339 e. The van der Waals surface area contributed by atoms with Crippen molar-refractivity contribution in [2.45, 2.75) is 13.3 Å². The van der Waals surface area contributed by atoms with Crippen LogP contribution in [0.1, 0.15) is 23.0 Å². The third-order valence-corrected chi connectivity index (χ3v) is 3.88. The van der Waals surface area contributed by atoms with Crippen molar-refractivity contribution in [3.63, 3.8) is 0 Å². The first-order valence-corrected chi connectivity index (χ1v) is 7.68. The molecule has 0 fully saturated rings. The number of aromatic nitrogens is 2. The van der Waals surface area contributed by atoms with E-state index in [1.54, 1.807) is 4.68 Å². The summed E-state index contributed by atoms with van der Waals surface area (Å²) in [5.41, 5.74) is 2.21. The molecule has 1 N–H and O–H groups in total. The van der Waals surface area contributed by atoms with Gasteiger partial charge >= 0.3 is 5.97 Å². The molecule has 0 aliphatic carbocycles. The highest BCUT2D eigenvalue weighted by Crippen LogP contribution is 2.29. The second-order valence-electron chi connectivity index (χ2n) is 5.38. The van der Waals surface area contributed by atoms with Gasteiger partial charge in [-0.1, -0.05) is 25.1 Å². The van der Waals surface area contributed by atoms with Gasteiger partial charge in [0.1, 0.15) is 11.3 Å². The van der Waals surface area contributed by atoms with Gasteiger partial charge in [-0.25, -0.2) is 9.48 Å². The van der Waals surface area contributed by atoms with Crippen LogP contribution in [-0.2, 0) is 6.42 Å². The van der Waals surface area contributed by atoms with E-state index < -0.39 is 10.9 Å². The van der Waals surface area contributed by atoms with Crippen molar-refractivity contribution >= 4 is 11.7 Å². The number of rotatable bonds is 5. The minimum absolute atomic E-state index is 0.0566. The molecule has 0 amide bonds. The number of carboxylic acids is 1. The fraction of sp³-hybridized carbons (Fsp3) is 0.111. The molecule has 0 spiro atoms. The SMILES string of the molecule is CCc1c(C(=O)O)c(-c2ccc([N+](=O)[O-])cc2)nn1-c1ccccc1. The van der Waals surface area contributed by atoms with E-state index in [4.69, 9.17) is 0 Å². The summed E-state index contributed by atoms with van der Waals surface area (Å²) in [5, 5.41) is 25.0. The van der Waals surface area contributed by atoms with Crippen molar-refractivity contribution in [2.75, 3.05) is 0 Å². The van der Waals surface area contributed by atoms with E-state index in [1.165, 1.54) is 24.3 Å². The Morgan fingerprint density at radius 1 is 1.16 bits per heavy atom. The number of non-ortho nitro benzene ring substituents is 1. The van der Waals surface area contributed by atoms with E-state index >= 15 is 0 Å². The van der Waals surface area contributed by atoms with Crippen LogP contribution in [0, 0.1) is 10.1 Å². The van der Waals surface area contributed by atoms with Crippen molar-refractivity contribution < 1.29 is 14.8 Å². The monoisotopic (exact) mass is 337 g/mol. The Labute approximate surface area is 143 Å². The normalized spacial score (nSPS) is 10.6. The lowest BCUT2D eigenvalue weighted by Crippen LogP contribution is -2.05. The molecule has 0 unspecified atom stereocenters. The molecule has 25 heavy (non-hydrogen) atoms. The molecule has 0 atom stereocenters. The number of nitro benzene ring substituents is 1. The van der Waals surface area contributed by atoms with Crippen molar-refractivity contribution in [3.05, 3.63) is 76.0 Å². The Morgan fingerprint density at radius 2 is 1.80 bits per heavy atom. The number of hydrogen-bond acceptors (Lipinski definition) is 4. The third kappa shape index (κ3) is 2.99. The first kappa shape index (κ1) is 16.4. The third-order valence-electron chi connectivity index (χ3n) is 3.88. The fourth-order valence-electron chi connectivity index (χ4n) is 2.73. The van der Waals surface area contributed by atoms with Crippen molar-refractivity contribution in [1.82, 2.24) is 9.78 Å². The van der Waals surface area contributed by atoms with E-state index in [-0.39, 0.29) is 11.3 Å². The predicted octanol–water partition coefficient (Wildman–Crippen LogP) is 3.71. The number of hydrogen-bond donors (Lipinski definition) is 1. The lowest BCUT2D eigenvalue weighted by molar-refractivity contribution is -0.384. The summed E-state index contributed by atoms with van der Waals surface area (Å²) >= 11 is 0. The summed E-state index contributed by atoms with van der Waals surface area (Å²) in [6, 6.07) is 15.0. The van der Waals surface area contributed by atoms with Crippen LogP contribution in [-0.4, -0.2) is 25.8 Å². The zero-order chi connectivity index (χ0) is 18.0. The van der Waals surface area contributed by atoms with Gasteiger partial charge in [-0.2, -0.15) is 5.10 Å². The summed E-state index contributed by atoms with van der Waals surface area (Å²) in [5.74, 6) is -1.08. The molecule has 0 bridgehead atoms. The summed E-state index contributed by atoms with van der Waals surface area (Å²) in [6.07, 6.45) is 0.483. The Hall–Kier alpha value is -3.48. The van der Waals surface area contributed by atoms with Crippen LogP contribution in [0.5, 0.6) is 0 Å². The van der Waals surface area contributed by atoms with E-state index in [0.29, 0.717) is 23.4 Å². The van der Waals surface area contributed by atoms with Crippen LogP contribution in [0.15, 0.2) is 54.6 Å². The van der Waals surface area contributed by atoms with Gasteiger partial charge in [-0.15, -0.1) is 0 Å². The Kier molecular flexibility index (Phi) is 4.30. The van der Waals surface area contributed by atoms with Crippen molar-refractivity contribution in [3.8, 4) is 16.9 Å². The molecule has 2 aromatic carbocycles. The maximum absolute atomic E-state index is 11.8. The summed E-state index contributed by atoms with van der Waals surface area (Å²) in [7, 11) is 0. The molecule has 0 radical (unpaired) electrons. The van der Waals surface area contributed by atoms with E-state index in [2.05, 4.69) is 5.10 Å². The minimum atomic E-state index is -1.08. The lowest BCUT2D eigenvalue weighted by Gasteiger charge is -2.05. The molecule has 1 aromatic heterocycles. The van der Waals surface area contributed by atoms with E-state index in [0.717, 1.165) is 5.69 Å². The second-order valence-corrected chi connectivity index (χ2v) is 5.38. The average Bonchev–Trinajstić information content (AvgIpc) is 3.02. The molecule has 7 heteroatoms. The van der Waals surface area contributed by atoms with Gasteiger partial charge in [-0.05, 0) is 30.7 Å². The van der Waals surface area contributed by atoms with Gasteiger partial charge in [0.15, 0.2) is 0 Å². The Morgan fingerprint density at radius 3 is 2.32 bits per heavy atom. The smallest absolute Gasteiger partial charge is 0.339 e. The molecule has 0 aliphatic rings. The molecule has 0 aliphatic heterocycles. The van der Waals surface area contributed by atoms with Crippen LogP contribution < -0.4 is 0 Å². The number of carbonyl (C=O) groups is 1. The van der Waals surface area contributed by atoms with E-state index in [9.17, 15) is 20.0 Å². The highest BCUT2D eigenvalue weighted by molar-refractivity contribution is 5.96. The van der Waals surface area contributed by atoms with Gasteiger partial charge in [-0.3, -0.25) is 10.1 Å². The van der Waals surface area contributed by atoms with Gasteiger partial charge in [0, 0.05) is 17.7 Å². The first-order chi connectivity index (χ1) is 12.0. The fourth-order valence-corrected chi connectivity index (χ4v) is 2.73. The minimum Gasteiger partial charge on any atom is -0.478 e. The lowest BCUT2D eigenvalue weighted by atomic mass is 10.0. The topological polar surface area (TPSA) is 98.3 Å². The number of carboxylic acid groups (broad SMARTS) is 1. The molecular formula is C18H15N3O4. The van der Waals surface area contributed by atoms with Crippen LogP contribution in [0.25, 0.3) is 16.9 Å². The molecule has 1 heterocycles. The van der Waals surface area contributed by atoms with Gasteiger partial charge in [0.05, 0.1) is 16.3 Å². The van der Waals surface area contributed by atoms with Crippen molar-refractivity contribution in [1.29, 1.82) is 0 Å². The van der Waals surface area contributed by atoms with Crippen LogP contribution in [0.2, 0.25) is 0 Å². The summed E-state index contributed by atoms with van der Waals surface area (Å²) < 4.78 is 1.61. The van der Waals surface area contributed by atoms with Gasteiger partial charge in [0.2, 0.25) is 0 Å². The van der Waals surface area contributed by atoms with Crippen molar-refractivity contribution in [2.24, 2.45) is 0 Å². The molecule has 3 aromatic rings. The number of benzene rings is 2. The zero-order valence-corrected chi connectivity index (χ0v) is 13.4. The molecule has 126 valence electrons. The predicted molar refractivity (Wildman–Crippen MR) is 92.0 cm³/mol.